The Bertz CT molecular complexity index is 1790. The Balaban J connectivity index is 1.27. The summed E-state index contributed by atoms with van der Waals surface area (Å²) < 4.78 is 24.6. The smallest absolute Gasteiger partial charge is 0.274 e. The molecule has 0 saturated carbocycles. The van der Waals surface area contributed by atoms with E-state index in [4.69, 9.17) is 4.74 Å². The van der Waals surface area contributed by atoms with E-state index < -0.39 is 5.82 Å². The summed E-state index contributed by atoms with van der Waals surface area (Å²) in [6, 6.07) is 10.7. The largest absolute Gasteiger partial charge is 0.380 e. The summed E-state index contributed by atoms with van der Waals surface area (Å²) >= 11 is 0. The number of aryl methyl sites for hydroxylation is 2. The average molecular weight is 642 g/mol. The minimum Gasteiger partial charge on any atom is -0.380 e. The van der Waals surface area contributed by atoms with Crippen LogP contribution >= 0.6 is 0 Å². The summed E-state index contributed by atoms with van der Waals surface area (Å²) in [5.74, 6) is 0.161. The van der Waals surface area contributed by atoms with Gasteiger partial charge in [-0.25, -0.2) is 9.37 Å². The molecule has 1 fully saturated rings. The molecule has 0 bridgehead atoms. The summed E-state index contributed by atoms with van der Waals surface area (Å²) in [7, 11) is 7.36. The number of aldehydes is 1. The van der Waals surface area contributed by atoms with Gasteiger partial charge >= 0.3 is 0 Å². The van der Waals surface area contributed by atoms with Gasteiger partial charge in [0.25, 0.3) is 5.56 Å². The van der Waals surface area contributed by atoms with Crippen molar-refractivity contribution in [3.8, 4) is 11.1 Å². The van der Waals surface area contributed by atoms with Gasteiger partial charge in [0.05, 0.1) is 24.2 Å². The zero-order valence-corrected chi connectivity index (χ0v) is 27.8. The first-order valence-corrected chi connectivity index (χ1v) is 16.3. The van der Waals surface area contributed by atoms with Crippen LogP contribution < -0.4 is 20.7 Å². The van der Waals surface area contributed by atoms with E-state index in [1.165, 1.54) is 28.0 Å². The van der Waals surface area contributed by atoms with Crippen molar-refractivity contribution in [2.24, 2.45) is 7.05 Å². The number of carbonyl (C=O) groups is 1. The number of rotatable bonds is 11. The molecule has 4 aromatic rings. The van der Waals surface area contributed by atoms with Crippen LogP contribution in [0.1, 0.15) is 40.2 Å². The molecule has 11 heteroatoms. The molecule has 0 atom stereocenters. The zero-order valence-electron chi connectivity index (χ0n) is 27.8. The van der Waals surface area contributed by atoms with Crippen LogP contribution in [0.2, 0.25) is 0 Å². The van der Waals surface area contributed by atoms with Gasteiger partial charge in [-0.1, -0.05) is 0 Å². The maximum Gasteiger partial charge on any atom is 0.274 e. The first-order chi connectivity index (χ1) is 22.7. The van der Waals surface area contributed by atoms with Gasteiger partial charge in [0.15, 0.2) is 6.29 Å². The van der Waals surface area contributed by atoms with E-state index in [0.717, 1.165) is 69.4 Å². The molecule has 0 spiro atoms. The zero-order chi connectivity index (χ0) is 33.1. The summed E-state index contributed by atoms with van der Waals surface area (Å²) in [5.41, 5.74) is 7.16. The molecule has 47 heavy (non-hydrogen) atoms. The SMILES string of the molecule is COCc1c(-c2cc(Nc3ccc(N4CCN(C)CC4)cn3)c(=O)n(C)c2)cc(F)cc1N(C)CCn1c(C=O)cc2c1CCCC2. The van der Waals surface area contributed by atoms with Crippen LogP contribution in [-0.2, 0) is 37.8 Å². The molecule has 1 aliphatic carbocycles. The van der Waals surface area contributed by atoms with Crippen molar-refractivity contribution in [1.82, 2.24) is 19.0 Å². The third kappa shape index (κ3) is 6.96. The average Bonchev–Trinajstić information content (AvgIpc) is 3.44. The molecule has 0 unspecified atom stereocenters. The van der Waals surface area contributed by atoms with Crippen molar-refractivity contribution in [3.05, 3.63) is 87.5 Å². The van der Waals surface area contributed by atoms with Gasteiger partial charge in [-0.2, -0.15) is 0 Å². The van der Waals surface area contributed by atoms with E-state index in [-0.39, 0.29) is 12.2 Å². The summed E-state index contributed by atoms with van der Waals surface area (Å²) in [6.07, 6.45) is 8.70. The standard InChI is InChI=1S/C36H44FN7O3/c1-40-11-14-43(15-12-40)28-9-10-35(38-21-28)39-32-18-26(22-42(3)36(32)46)30-19-27(37)20-34(31(30)24-47-4)41(2)13-16-44-29(23-45)17-25-7-5-6-8-33(25)44/h9-10,17-23H,5-8,11-16,24H2,1-4H3,(H,38,39). The predicted octanol–water partition coefficient (Wildman–Crippen LogP) is 4.86. The number of anilines is 4. The van der Waals surface area contributed by atoms with Crippen molar-refractivity contribution in [2.45, 2.75) is 38.8 Å². The molecule has 10 nitrogen and oxygen atoms in total. The molecule has 6 rings (SSSR count). The summed E-state index contributed by atoms with van der Waals surface area (Å²) in [5, 5.41) is 3.20. The van der Waals surface area contributed by atoms with Gasteiger partial charge < -0.3 is 33.9 Å². The molecule has 3 aromatic heterocycles. The second-order valence-electron chi connectivity index (χ2n) is 12.7. The van der Waals surface area contributed by atoms with Crippen molar-refractivity contribution < 1.29 is 13.9 Å². The molecular formula is C36H44FN7O3. The van der Waals surface area contributed by atoms with E-state index >= 15 is 4.39 Å². The quantitative estimate of drug-likeness (QED) is 0.233. The lowest BCUT2D eigenvalue weighted by Gasteiger charge is -2.33. The van der Waals surface area contributed by atoms with Crippen LogP contribution in [0.3, 0.4) is 0 Å². The number of pyridine rings is 2. The minimum atomic E-state index is -0.391. The first kappa shape index (κ1) is 32.5. The lowest BCUT2D eigenvalue weighted by molar-refractivity contribution is 0.111. The maximum absolute atomic E-state index is 15.4. The number of hydrogen-bond acceptors (Lipinski definition) is 8. The topological polar surface area (TPSA) is 87.9 Å². The molecule has 4 heterocycles. The fraction of sp³-hybridized carbons (Fsp3) is 0.417. The van der Waals surface area contributed by atoms with Gasteiger partial charge in [-0.15, -0.1) is 0 Å². The highest BCUT2D eigenvalue weighted by Gasteiger charge is 2.21. The molecule has 2 aliphatic rings. The molecule has 1 aliphatic heterocycles. The third-order valence-corrected chi connectivity index (χ3v) is 9.48. The van der Waals surface area contributed by atoms with Crippen LogP contribution in [0.5, 0.6) is 0 Å². The predicted molar refractivity (Wildman–Crippen MR) is 185 cm³/mol. The maximum atomic E-state index is 15.4. The van der Waals surface area contributed by atoms with Crippen molar-refractivity contribution in [1.29, 1.82) is 0 Å². The Morgan fingerprint density at radius 2 is 1.85 bits per heavy atom. The Morgan fingerprint density at radius 3 is 2.57 bits per heavy atom. The molecule has 0 radical (unpaired) electrons. The highest BCUT2D eigenvalue weighted by Crippen LogP contribution is 2.34. The Kier molecular flexibility index (Phi) is 9.74. The third-order valence-electron chi connectivity index (χ3n) is 9.48. The number of carbonyl (C=O) groups excluding carboxylic acids is 1. The Morgan fingerprint density at radius 1 is 1.06 bits per heavy atom. The molecule has 1 N–H and O–H groups in total. The lowest BCUT2D eigenvalue weighted by atomic mass is 9.98. The molecule has 1 aromatic carbocycles. The van der Waals surface area contributed by atoms with Gasteiger partial charge in [-0.05, 0) is 80.3 Å². The van der Waals surface area contributed by atoms with Gasteiger partial charge in [0, 0.05) is 89.2 Å². The fourth-order valence-electron chi connectivity index (χ4n) is 6.84. The monoisotopic (exact) mass is 641 g/mol. The molecule has 1 saturated heterocycles. The number of likely N-dealkylation sites (N-methyl/N-ethyl adjacent to an activating group) is 2. The normalized spacial score (nSPS) is 15.0. The van der Waals surface area contributed by atoms with Crippen LogP contribution in [0.25, 0.3) is 11.1 Å². The number of nitrogens with one attached hydrogen (secondary N) is 1. The van der Waals surface area contributed by atoms with Crippen LogP contribution in [0, 0.1) is 5.82 Å². The highest BCUT2D eigenvalue weighted by atomic mass is 19.1. The van der Waals surface area contributed by atoms with E-state index in [0.29, 0.717) is 47.1 Å². The van der Waals surface area contributed by atoms with Crippen molar-refractivity contribution in [3.63, 3.8) is 0 Å². The molecule has 248 valence electrons. The van der Waals surface area contributed by atoms with Gasteiger partial charge in [0.1, 0.15) is 17.3 Å². The Hall–Kier alpha value is -4.48. The van der Waals surface area contributed by atoms with Crippen molar-refractivity contribution in [2.75, 3.05) is 69.0 Å². The number of ether oxygens (including phenoxy) is 1. The molecule has 0 amide bonds. The number of piperazine rings is 1. The lowest BCUT2D eigenvalue weighted by Crippen LogP contribution is -2.44. The van der Waals surface area contributed by atoms with E-state index in [2.05, 4.69) is 31.7 Å². The fourth-order valence-corrected chi connectivity index (χ4v) is 6.84. The number of fused-ring (bicyclic) bond motifs is 1. The van der Waals surface area contributed by atoms with E-state index in [9.17, 15) is 9.59 Å². The van der Waals surface area contributed by atoms with Crippen LogP contribution in [0.4, 0.5) is 27.3 Å². The summed E-state index contributed by atoms with van der Waals surface area (Å²) in [6.45, 7) is 5.30. The summed E-state index contributed by atoms with van der Waals surface area (Å²) in [4.78, 5) is 36.3. The van der Waals surface area contributed by atoms with Crippen molar-refractivity contribution >= 4 is 29.2 Å². The number of halogens is 1. The second-order valence-corrected chi connectivity index (χ2v) is 12.7. The number of benzene rings is 1. The van der Waals surface area contributed by atoms with E-state index in [1.807, 2.05) is 36.3 Å². The number of hydrogen-bond donors (Lipinski definition) is 1. The second kappa shape index (κ2) is 14.1. The first-order valence-electron chi connectivity index (χ1n) is 16.3. The van der Waals surface area contributed by atoms with Crippen LogP contribution in [0.15, 0.2) is 53.6 Å². The minimum absolute atomic E-state index is 0.221. The number of nitrogens with zero attached hydrogens (tertiary/aromatic N) is 6. The Labute approximate surface area is 275 Å². The number of aromatic nitrogens is 3. The van der Waals surface area contributed by atoms with Crippen LogP contribution in [-0.4, -0.2) is 79.2 Å². The van der Waals surface area contributed by atoms with E-state index in [1.54, 1.807) is 26.4 Å². The number of methoxy groups -OCH3 is 1. The molecular weight excluding hydrogens is 597 g/mol. The van der Waals surface area contributed by atoms with Gasteiger partial charge in [-0.3, -0.25) is 9.59 Å². The van der Waals surface area contributed by atoms with Gasteiger partial charge in [0.2, 0.25) is 0 Å². The highest BCUT2D eigenvalue weighted by molar-refractivity contribution is 5.77.